The Morgan fingerprint density at radius 3 is 2.64 bits per heavy atom. The lowest BCUT2D eigenvalue weighted by molar-refractivity contribution is 0.167. The molecule has 0 heterocycles. The van der Waals surface area contributed by atoms with Crippen LogP contribution in [0.1, 0.15) is 26.2 Å². The normalized spacial score (nSPS) is 19.6. The molecule has 0 aromatic carbocycles. The summed E-state index contributed by atoms with van der Waals surface area (Å²) in [7, 11) is -2.93. The Labute approximate surface area is 85.6 Å². The van der Waals surface area contributed by atoms with Crippen molar-refractivity contribution in [2.45, 2.75) is 38.3 Å². The third kappa shape index (κ3) is 4.93. The average Bonchev–Trinajstić information content (AvgIpc) is 2.95. The first-order valence-corrected chi connectivity index (χ1v) is 6.97. The van der Waals surface area contributed by atoms with Crippen molar-refractivity contribution in [1.29, 1.82) is 0 Å². The van der Waals surface area contributed by atoms with Crippen molar-refractivity contribution in [3.8, 4) is 0 Å². The molecule has 1 rings (SSSR count). The van der Waals surface area contributed by atoms with E-state index in [0.717, 1.165) is 0 Å². The van der Waals surface area contributed by atoms with E-state index in [9.17, 15) is 13.5 Å². The standard InChI is InChI=1S/C9H19NO3S/c1-2-14(12,13)6-5-9(11)7-10-8-3-4-8/h8-11H,2-7H2,1H3. The molecule has 0 saturated heterocycles. The van der Waals surface area contributed by atoms with E-state index in [4.69, 9.17) is 0 Å². The Morgan fingerprint density at radius 2 is 2.14 bits per heavy atom. The molecule has 1 aliphatic rings. The van der Waals surface area contributed by atoms with Crippen LogP contribution in [0, 0.1) is 0 Å². The molecule has 5 heteroatoms. The monoisotopic (exact) mass is 221 g/mol. The fourth-order valence-electron chi connectivity index (χ4n) is 1.15. The molecule has 0 aromatic heterocycles. The summed E-state index contributed by atoms with van der Waals surface area (Å²) < 4.78 is 22.2. The molecule has 0 bridgehead atoms. The second-order valence-corrected chi connectivity index (χ2v) is 6.33. The quantitative estimate of drug-likeness (QED) is 0.631. The van der Waals surface area contributed by atoms with Crippen molar-refractivity contribution in [3.63, 3.8) is 0 Å². The molecular formula is C9H19NO3S. The van der Waals surface area contributed by atoms with Crippen LogP contribution in [0.5, 0.6) is 0 Å². The first-order chi connectivity index (χ1) is 6.53. The lowest BCUT2D eigenvalue weighted by Gasteiger charge is -2.10. The van der Waals surface area contributed by atoms with E-state index in [1.54, 1.807) is 6.92 Å². The molecule has 1 saturated carbocycles. The summed E-state index contributed by atoms with van der Waals surface area (Å²) in [5.74, 6) is 0.257. The Kier molecular flexibility index (Phi) is 4.34. The van der Waals surface area contributed by atoms with E-state index in [-0.39, 0.29) is 11.5 Å². The second kappa shape index (κ2) is 5.09. The van der Waals surface area contributed by atoms with Crippen molar-refractivity contribution in [2.24, 2.45) is 0 Å². The van der Waals surface area contributed by atoms with Gasteiger partial charge in [0.05, 0.1) is 11.9 Å². The summed E-state index contributed by atoms with van der Waals surface area (Å²) in [5, 5.41) is 12.6. The first kappa shape index (κ1) is 11.9. The van der Waals surface area contributed by atoms with Gasteiger partial charge in [-0.3, -0.25) is 0 Å². The largest absolute Gasteiger partial charge is 0.392 e. The van der Waals surface area contributed by atoms with Gasteiger partial charge in [-0.25, -0.2) is 8.42 Å². The molecule has 0 amide bonds. The van der Waals surface area contributed by atoms with Gasteiger partial charge in [0.25, 0.3) is 0 Å². The van der Waals surface area contributed by atoms with Crippen molar-refractivity contribution < 1.29 is 13.5 Å². The van der Waals surface area contributed by atoms with Gasteiger partial charge in [0, 0.05) is 18.3 Å². The first-order valence-electron chi connectivity index (χ1n) is 5.15. The molecule has 2 N–H and O–H groups in total. The lowest BCUT2D eigenvalue weighted by Crippen LogP contribution is -2.30. The highest BCUT2D eigenvalue weighted by molar-refractivity contribution is 7.91. The SMILES string of the molecule is CCS(=O)(=O)CCC(O)CNC1CC1. The third-order valence-corrected chi connectivity index (χ3v) is 4.16. The molecule has 0 aliphatic heterocycles. The van der Waals surface area contributed by atoms with Gasteiger partial charge in [-0.05, 0) is 19.3 Å². The lowest BCUT2D eigenvalue weighted by atomic mass is 10.3. The molecule has 1 unspecified atom stereocenters. The maximum atomic E-state index is 11.1. The molecule has 1 atom stereocenters. The maximum absolute atomic E-state index is 11.1. The fraction of sp³-hybridized carbons (Fsp3) is 1.00. The van der Waals surface area contributed by atoms with Gasteiger partial charge in [0.1, 0.15) is 9.84 Å². The van der Waals surface area contributed by atoms with Crippen molar-refractivity contribution in [3.05, 3.63) is 0 Å². The van der Waals surface area contributed by atoms with Crippen LogP contribution in [0.15, 0.2) is 0 Å². The Morgan fingerprint density at radius 1 is 1.50 bits per heavy atom. The van der Waals surface area contributed by atoms with Crippen LogP contribution in [0.2, 0.25) is 0 Å². The van der Waals surface area contributed by atoms with Crippen LogP contribution in [0.3, 0.4) is 0 Å². The summed E-state index contributed by atoms with van der Waals surface area (Å²) in [6, 6.07) is 0.562. The van der Waals surface area contributed by atoms with Crippen LogP contribution in [0.4, 0.5) is 0 Å². The molecular weight excluding hydrogens is 202 g/mol. The Hall–Kier alpha value is -0.130. The third-order valence-electron chi connectivity index (χ3n) is 2.42. The summed E-state index contributed by atoms with van der Waals surface area (Å²) in [6.45, 7) is 2.15. The number of nitrogens with one attached hydrogen (secondary N) is 1. The molecule has 1 aliphatic carbocycles. The molecule has 4 nitrogen and oxygen atoms in total. The van der Waals surface area contributed by atoms with Gasteiger partial charge in [-0.15, -0.1) is 0 Å². The van der Waals surface area contributed by atoms with Gasteiger partial charge in [-0.2, -0.15) is 0 Å². The number of hydrogen-bond donors (Lipinski definition) is 2. The van der Waals surface area contributed by atoms with Crippen LogP contribution in [0.25, 0.3) is 0 Å². The predicted octanol–water partition coefficient (Wildman–Crippen LogP) is -0.0759. The molecule has 0 radical (unpaired) electrons. The van der Waals surface area contributed by atoms with E-state index in [2.05, 4.69) is 5.32 Å². The number of aliphatic hydroxyl groups is 1. The van der Waals surface area contributed by atoms with E-state index >= 15 is 0 Å². The Balaban J connectivity index is 2.09. The smallest absolute Gasteiger partial charge is 0.150 e. The van der Waals surface area contributed by atoms with Crippen molar-refractivity contribution >= 4 is 9.84 Å². The highest BCUT2D eigenvalue weighted by Crippen LogP contribution is 2.18. The molecule has 1 fully saturated rings. The predicted molar refractivity (Wildman–Crippen MR) is 56.0 cm³/mol. The number of hydrogen-bond acceptors (Lipinski definition) is 4. The van der Waals surface area contributed by atoms with Gasteiger partial charge in [0.15, 0.2) is 0 Å². The second-order valence-electron chi connectivity index (χ2n) is 3.86. The highest BCUT2D eigenvalue weighted by Gasteiger charge is 2.21. The summed E-state index contributed by atoms with van der Waals surface area (Å²) in [5.41, 5.74) is 0. The number of sulfone groups is 1. The van der Waals surface area contributed by atoms with E-state index in [1.165, 1.54) is 12.8 Å². The van der Waals surface area contributed by atoms with E-state index in [0.29, 0.717) is 19.0 Å². The van der Waals surface area contributed by atoms with Gasteiger partial charge >= 0.3 is 0 Å². The van der Waals surface area contributed by atoms with Crippen LogP contribution < -0.4 is 5.32 Å². The minimum absolute atomic E-state index is 0.0943. The minimum Gasteiger partial charge on any atom is -0.392 e. The van der Waals surface area contributed by atoms with Gasteiger partial charge in [-0.1, -0.05) is 6.92 Å². The molecule has 0 aromatic rings. The molecule has 14 heavy (non-hydrogen) atoms. The van der Waals surface area contributed by atoms with Gasteiger partial charge in [0.2, 0.25) is 0 Å². The maximum Gasteiger partial charge on any atom is 0.150 e. The van der Waals surface area contributed by atoms with E-state index < -0.39 is 15.9 Å². The van der Waals surface area contributed by atoms with Crippen LogP contribution in [-0.2, 0) is 9.84 Å². The van der Waals surface area contributed by atoms with Crippen molar-refractivity contribution in [1.82, 2.24) is 5.32 Å². The summed E-state index contributed by atoms with van der Waals surface area (Å²) in [6.07, 6.45) is 2.17. The number of rotatable bonds is 7. The van der Waals surface area contributed by atoms with Crippen LogP contribution >= 0.6 is 0 Å². The zero-order valence-corrected chi connectivity index (χ0v) is 9.39. The minimum atomic E-state index is -2.93. The average molecular weight is 221 g/mol. The van der Waals surface area contributed by atoms with Crippen molar-refractivity contribution in [2.75, 3.05) is 18.1 Å². The molecule has 0 spiro atoms. The number of aliphatic hydroxyl groups excluding tert-OH is 1. The summed E-state index contributed by atoms with van der Waals surface area (Å²) >= 11 is 0. The van der Waals surface area contributed by atoms with E-state index in [1.807, 2.05) is 0 Å². The topological polar surface area (TPSA) is 66.4 Å². The van der Waals surface area contributed by atoms with Gasteiger partial charge < -0.3 is 10.4 Å². The molecule has 84 valence electrons. The summed E-state index contributed by atoms with van der Waals surface area (Å²) in [4.78, 5) is 0. The Bertz CT molecular complexity index is 259. The zero-order valence-electron chi connectivity index (χ0n) is 8.57. The highest BCUT2D eigenvalue weighted by atomic mass is 32.2. The zero-order chi connectivity index (χ0) is 10.6. The fourth-order valence-corrected chi connectivity index (χ4v) is 2.07. The van der Waals surface area contributed by atoms with Crippen LogP contribution in [-0.4, -0.2) is 43.7 Å².